The Balaban J connectivity index is 1.44. The Morgan fingerprint density at radius 1 is 0.879 bits per heavy atom. The van der Waals surface area contributed by atoms with Gasteiger partial charge in [-0.3, -0.25) is 4.79 Å². The van der Waals surface area contributed by atoms with Crippen LogP contribution in [0.4, 0.5) is 5.69 Å². The number of nitrogens with one attached hydrogen (secondary N) is 1. The number of ether oxygens (including phenoxy) is 2. The lowest BCUT2D eigenvalue weighted by Gasteiger charge is -2.27. The normalized spacial score (nSPS) is 12.5. The van der Waals surface area contributed by atoms with Gasteiger partial charge in [-0.2, -0.15) is 0 Å². The van der Waals surface area contributed by atoms with Gasteiger partial charge in [-0.1, -0.05) is 50.2 Å². The number of benzene rings is 3. The number of esters is 1. The van der Waals surface area contributed by atoms with Gasteiger partial charge in [-0.05, 0) is 49.5 Å². The molecule has 0 fully saturated rings. The van der Waals surface area contributed by atoms with Gasteiger partial charge in [0.05, 0.1) is 11.5 Å². The largest absolute Gasteiger partial charge is 0.461 e. The predicted octanol–water partition coefficient (Wildman–Crippen LogP) is 5.06. The van der Waals surface area contributed by atoms with E-state index < -0.39 is 5.92 Å². The lowest BCUT2D eigenvalue weighted by Crippen LogP contribution is -2.27. The number of amides is 1. The fourth-order valence-electron chi connectivity index (χ4n) is 3.99. The third kappa shape index (κ3) is 5.07. The van der Waals surface area contributed by atoms with E-state index >= 15 is 0 Å². The molecule has 6 nitrogen and oxygen atoms in total. The molecule has 170 valence electrons. The topological polar surface area (TPSA) is 67.9 Å². The Morgan fingerprint density at radius 2 is 1.45 bits per heavy atom. The minimum absolute atomic E-state index is 0.159. The molecule has 33 heavy (non-hydrogen) atoms. The Kier molecular flexibility index (Phi) is 7.05. The molecule has 0 radical (unpaired) electrons. The third-order valence-corrected chi connectivity index (χ3v) is 5.87. The second-order valence-corrected chi connectivity index (χ2v) is 7.84. The Morgan fingerprint density at radius 3 is 2.03 bits per heavy atom. The number of anilines is 1. The van der Waals surface area contributed by atoms with Crippen LogP contribution in [0.25, 0.3) is 0 Å². The second kappa shape index (κ2) is 10.3. The van der Waals surface area contributed by atoms with Crippen molar-refractivity contribution in [3.63, 3.8) is 0 Å². The molecular weight excluding hydrogens is 416 g/mol. The molecule has 1 N–H and O–H groups in total. The van der Waals surface area contributed by atoms with E-state index in [0.29, 0.717) is 35.9 Å². The summed E-state index contributed by atoms with van der Waals surface area (Å²) in [4.78, 5) is 27.8. The maximum absolute atomic E-state index is 13.3. The van der Waals surface area contributed by atoms with Gasteiger partial charge >= 0.3 is 5.97 Å². The van der Waals surface area contributed by atoms with Crippen molar-refractivity contribution in [1.29, 1.82) is 0 Å². The Bertz CT molecular complexity index is 1080. The summed E-state index contributed by atoms with van der Waals surface area (Å²) in [5.41, 5.74) is 2.71. The average molecular weight is 445 g/mol. The number of hydrogen-bond donors (Lipinski definition) is 1. The van der Waals surface area contributed by atoms with Gasteiger partial charge in [0.25, 0.3) is 0 Å². The molecular formula is C27H28N2O4. The van der Waals surface area contributed by atoms with Crippen LogP contribution in [-0.4, -0.2) is 43.0 Å². The van der Waals surface area contributed by atoms with Crippen LogP contribution in [0.5, 0.6) is 11.5 Å². The van der Waals surface area contributed by atoms with E-state index in [1.54, 1.807) is 24.3 Å². The van der Waals surface area contributed by atoms with Crippen molar-refractivity contribution in [3.8, 4) is 11.5 Å². The lowest BCUT2D eigenvalue weighted by molar-refractivity contribution is -0.116. The number of carbonyl (C=O) groups excluding carboxylic acids is 2. The number of nitrogens with zero attached hydrogens (tertiary/aromatic N) is 1. The number of likely N-dealkylation sites (N-methyl/N-ethyl adjacent to an activating group) is 1. The maximum atomic E-state index is 13.3. The third-order valence-electron chi connectivity index (χ3n) is 5.87. The van der Waals surface area contributed by atoms with E-state index in [2.05, 4.69) is 24.1 Å². The molecule has 0 aliphatic carbocycles. The fourth-order valence-corrected chi connectivity index (χ4v) is 3.99. The molecule has 0 unspecified atom stereocenters. The molecule has 1 heterocycles. The smallest absolute Gasteiger partial charge is 0.338 e. The quantitative estimate of drug-likeness (QED) is 0.492. The van der Waals surface area contributed by atoms with Crippen LogP contribution < -0.4 is 10.1 Å². The molecule has 1 aliphatic rings. The van der Waals surface area contributed by atoms with Crippen molar-refractivity contribution in [2.45, 2.75) is 19.8 Å². The van der Waals surface area contributed by atoms with Gasteiger partial charge in [0, 0.05) is 23.4 Å². The van der Waals surface area contributed by atoms with E-state index in [-0.39, 0.29) is 11.9 Å². The fraction of sp³-hybridized carbons (Fsp3) is 0.259. The summed E-state index contributed by atoms with van der Waals surface area (Å²) >= 11 is 0. The summed E-state index contributed by atoms with van der Waals surface area (Å²) in [5, 5.41) is 2.98. The zero-order chi connectivity index (χ0) is 23.2. The summed E-state index contributed by atoms with van der Waals surface area (Å²) < 4.78 is 11.4. The van der Waals surface area contributed by atoms with Crippen LogP contribution in [0, 0.1) is 0 Å². The van der Waals surface area contributed by atoms with E-state index in [1.165, 1.54) is 0 Å². The maximum Gasteiger partial charge on any atom is 0.338 e. The zero-order valence-corrected chi connectivity index (χ0v) is 18.9. The van der Waals surface area contributed by atoms with Crippen LogP contribution in [-0.2, 0) is 9.53 Å². The molecule has 0 spiro atoms. The van der Waals surface area contributed by atoms with Crippen molar-refractivity contribution in [3.05, 3.63) is 89.5 Å². The van der Waals surface area contributed by atoms with Crippen LogP contribution in [0.3, 0.4) is 0 Å². The van der Waals surface area contributed by atoms with Crippen molar-refractivity contribution in [2.24, 2.45) is 0 Å². The summed E-state index contributed by atoms with van der Waals surface area (Å²) in [5.74, 6) is 0.342. The zero-order valence-electron chi connectivity index (χ0n) is 18.9. The molecule has 0 bridgehead atoms. The molecule has 0 aromatic heterocycles. The SMILES string of the molecule is CCN(CC)CCOC(=O)c1ccc(NC(=O)C2c3ccccc3Oc3ccccc32)cc1. The van der Waals surface area contributed by atoms with E-state index in [9.17, 15) is 9.59 Å². The molecule has 0 saturated heterocycles. The van der Waals surface area contributed by atoms with Gasteiger partial charge in [0.1, 0.15) is 18.1 Å². The van der Waals surface area contributed by atoms with Gasteiger partial charge in [0.15, 0.2) is 0 Å². The lowest BCUT2D eigenvalue weighted by atomic mass is 9.87. The van der Waals surface area contributed by atoms with Gasteiger partial charge < -0.3 is 19.7 Å². The minimum Gasteiger partial charge on any atom is -0.461 e. The molecule has 1 aliphatic heterocycles. The van der Waals surface area contributed by atoms with Crippen LogP contribution >= 0.6 is 0 Å². The highest BCUT2D eigenvalue weighted by molar-refractivity contribution is 6.00. The summed E-state index contributed by atoms with van der Waals surface area (Å²) in [6.45, 7) is 7.06. The van der Waals surface area contributed by atoms with Crippen LogP contribution in [0.15, 0.2) is 72.8 Å². The Hall–Kier alpha value is -3.64. The highest BCUT2D eigenvalue weighted by atomic mass is 16.5. The summed E-state index contributed by atoms with van der Waals surface area (Å²) in [7, 11) is 0. The highest BCUT2D eigenvalue weighted by Crippen LogP contribution is 2.44. The average Bonchev–Trinajstić information content (AvgIpc) is 2.85. The number of fused-ring (bicyclic) bond motifs is 2. The number of hydrogen-bond acceptors (Lipinski definition) is 5. The van der Waals surface area contributed by atoms with Crippen LogP contribution in [0.1, 0.15) is 41.3 Å². The second-order valence-electron chi connectivity index (χ2n) is 7.84. The standard InChI is InChI=1S/C27H28N2O4/c1-3-29(4-2)17-18-32-27(31)19-13-15-20(16-14-19)28-26(30)25-21-9-5-7-11-23(21)33-24-12-8-6-10-22(24)25/h5-16,25H,3-4,17-18H2,1-2H3,(H,28,30). The number of para-hydroxylation sites is 2. The van der Waals surface area contributed by atoms with Crippen molar-refractivity contribution < 1.29 is 19.1 Å². The first-order valence-electron chi connectivity index (χ1n) is 11.3. The molecule has 3 aromatic rings. The first kappa shape index (κ1) is 22.6. The number of rotatable bonds is 8. The number of carbonyl (C=O) groups is 2. The van der Waals surface area contributed by atoms with E-state index in [4.69, 9.17) is 9.47 Å². The molecule has 0 saturated carbocycles. The monoisotopic (exact) mass is 444 g/mol. The molecule has 3 aromatic carbocycles. The minimum atomic E-state index is -0.490. The summed E-state index contributed by atoms with van der Waals surface area (Å²) in [6, 6.07) is 21.9. The van der Waals surface area contributed by atoms with Gasteiger partial charge in [-0.15, -0.1) is 0 Å². The molecule has 0 atom stereocenters. The van der Waals surface area contributed by atoms with E-state index in [0.717, 1.165) is 24.2 Å². The van der Waals surface area contributed by atoms with Crippen molar-refractivity contribution in [2.75, 3.05) is 31.6 Å². The molecule has 6 heteroatoms. The van der Waals surface area contributed by atoms with Crippen molar-refractivity contribution >= 4 is 17.6 Å². The molecule has 1 amide bonds. The highest BCUT2D eigenvalue weighted by Gasteiger charge is 2.32. The van der Waals surface area contributed by atoms with Gasteiger partial charge in [-0.25, -0.2) is 4.79 Å². The van der Waals surface area contributed by atoms with E-state index in [1.807, 2.05) is 48.5 Å². The van der Waals surface area contributed by atoms with Crippen molar-refractivity contribution in [1.82, 2.24) is 4.90 Å². The first-order valence-corrected chi connectivity index (χ1v) is 11.3. The van der Waals surface area contributed by atoms with Crippen LogP contribution in [0.2, 0.25) is 0 Å². The first-order chi connectivity index (χ1) is 16.1. The Labute approximate surface area is 194 Å². The van der Waals surface area contributed by atoms with Gasteiger partial charge in [0.2, 0.25) is 5.91 Å². The molecule has 4 rings (SSSR count). The summed E-state index contributed by atoms with van der Waals surface area (Å²) in [6.07, 6.45) is 0. The predicted molar refractivity (Wildman–Crippen MR) is 128 cm³/mol.